The number of nitrogens with zero attached hydrogens (tertiary/aromatic N) is 2. The number of carbonyl (C=O) groups excluding carboxylic acids is 1. The third-order valence-electron chi connectivity index (χ3n) is 3.09. The molecule has 0 saturated carbocycles. The van der Waals surface area contributed by atoms with Gasteiger partial charge in [0.15, 0.2) is 5.82 Å². The summed E-state index contributed by atoms with van der Waals surface area (Å²) in [4.78, 5) is 17.2. The van der Waals surface area contributed by atoms with Gasteiger partial charge in [-0.25, -0.2) is 0 Å². The standard InChI is InChI=1S/C13H15N3O4S/c1-7-14-12(20-16-7)11-8-3-4-19-5-9(8)21-13(11)15-10(17)6-18-2/h3-6H2,1-2H3,(H,15,17). The van der Waals surface area contributed by atoms with Gasteiger partial charge >= 0.3 is 0 Å². The zero-order chi connectivity index (χ0) is 14.8. The van der Waals surface area contributed by atoms with Gasteiger partial charge in [0.1, 0.15) is 11.6 Å². The molecule has 8 heteroatoms. The van der Waals surface area contributed by atoms with Gasteiger partial charge in [0.2, 0.25) is 0 Å². The summed E-state index contributed by atoms with van der Waals surface area (Å²) in [5.74, 6) is 0.778. The van der Waals surface area contributed by atoms with Crippen LogP contribution in [0.3, 0.4) is 0 Å². The number of ether oxygens (including phenoxy) is 2. The minimum absolute atomic E-state index is 0.00136. The number of fused-ring (bicyclic) bond motifs is 1. The molecule has 1 amide bonds. The molecule has 21 heavy (non-hydrogen) atoms. The average molecular weight is 309 g/mol. The van der Waals surface area contributed by atoms with Gasteiger partial charge in [-0.2, -0.15) is 4.98 Å². The topological polar surface area (TPSA) is 86.5 Å². The molecule has 0 atom stereocenters. The number of carbonyl (C=O) groups is 1. The Balaban J connectivity index is 2.02. The van der Waals surface area contributed by atoms with Crippen molar-refractivity contribution in [1.29, 1.82) is 0 Å². The monoisotopic (exact) mass is 309 g/mol. The zero-order valence-electron chi connectivity index (χ0n) is 11.8. The van der Waals surface area contributed by atoms with Crippen molar-refractivity contribution in [3.63, 3.8) is 0 Å². The molecule has 1 N–H and O–H groups in total. The summed E-state index contributed by atoms with van der Waals surface area (Å²) in [5, 5.41) is 7.38. The van der Waals surface area contributed by atoms with E-state index in [1.807, 2.05) is 0 Å². The molecule has 0 unspecified atom stereocenters. The molecule has 1 aliphatic heterocycles. The van der Waals surface area contributed by atoms with Crippen LogP contribution in [0.2, 0.25) is 0 Å². The quantitative estimate of drug-likeness (QED) is 0.926. The first kappa shape index (κ1) is 14.2. The first-order chi connectivity index (χ1) is 10.2. The van der Waals surface area contributed by atoms with Gasteiger partial charge in [0.25, 0.3) is 11.8 Å². The van der Waals surface area contributed by atoms with Crippen LogP contribution < -0.4 is 5.32 Å². The normalized spacial score (nSPS) is 14.0. The van der Waals surface area contributed by atoms with Crippen LogP contribution in [0.25, 0.3) is 11.5 Å². The van der Waals surface area contributed by atoms with Gasteiger partial charge in [-0.05, 0) is 18.9 Å². The van der Waals surface area contributed by atoms with Crippen LogP contribution in [0.1, 0.15) is 16.3 Å². The van der Waals surface area contributed by atoms with Crippen LogP contribution >= 0.6 is 11.3 Å². The highest BCUT2D eigenvalue weighted by Crippen LogP contribution is 2.42. The van der Waals surface area contributed by atoms with Gasteiger partial charge in [-0.15, -0.1) is 11.3 Å². The number of aromatic nitrogens is 2. The molecule has 7 nitrogen and oxygen atoms in total. The Morgan fingerprint density at radius 3 is 3.10 bits per heavy atom. The number of anilines is 1. The van der Waals surface area contributed by atoms with Crippen molar-refractivity contribution >= 4 is 22.2 Å². The van der Waals surface area contributed by atoms with Crippen molar-refractivity contribution in [2.45, 2.75) is 20.0 Å². The van der Waals surface area contributed by atoms with Crippen LogP contribution in [0.15, 0.2) is 4.52 Å². The molecule has 2 aromatic rings. The Bertz CT molecular complexity index is 664. The number of amides is 1. The Morgan fingerprint density at radius 2 is 2.38 bits per heavy atom. The number of methoxy groups -OCH3 is 1. The van der Waals surface area contributed by atoms with Gasteiger partial charge in [-0.1, -0.05) is 5.16 Å². The third-order valence-corrected chi connectivity index (χ3v) is 4.21. The molecule has 0 radical (unpaired) electrons. The second kappa shape index (κ2) is 5.92. The molecular weight excluding hydrogens is 294 g/mol. The highest BCUT2D eigenvalue weighted by atomic mass is 32.1. The van der Waals surface area contributed by atoms with Crippen molar-refractivity contribution < 1.29 is 18.8 Å². The number of hydrogen-bond donors (Lipinski definition) is 1. The lowest BCUT2D eigenvalue weighted by molar-refractivity contribution is -0.119. The Hall–Kier alpha value is -1.77. The van der Waals surface area contributed by atoms with E-state index in [1.54, 1.807) is 6.92 Å². The van der Waals surface area contributed by atoms with Gasteiger partial charge in [0, 0.05) is 12.0 Å². The smallest absolute Gasteiger partial charge is 0.261 e. The average Bonchev–Trinajstić information content (AvgIpc) is 3.01. The predicted octanol–water partition coefficient (Wildman–Crippen LogP) is 1.76. The summed E-state index contributed by atoms with van der Waals surface area (Å²) in [5.41, 5.74) is 1.92. The molecular formula is C13H15N3O4S. The van der Waals surface area contributed by atoms with Gasteiger partial charge in [-0.3, -0.25) is 4.79 Å². The second-order valence-electron chi connectivity index (χ2n) is 4.64. The molecule has 0 fully saturated rings. The van der Waals surface area contributed by atoms with Crippen LogP contribution in [0.4, 0.5) is 5.00 Å². The fourth-order valence-corrected chi connectivity index (χ4v) is 3.43. The van der Waals surface area contributed by atoms with Crippen LogP contribution in [0, 0.1) is 6.92 Å². The first-order valence-electron chi connectivity index (χ1n) is 6.50. The SMILES string of the molecule is COCC(=O)Nc1sc2c(c1-c1nc(C)no1)CCOC2. The molecule has 0 aromatic carbocycles. The highest BCUT2D eigenvalue weighted by Gasteiger charge is 2.26. The van der Waals surface area contributed by atoms with Crippen molar-refractivity contribution in [3.8, 4) is 11.5 Å². The van der Waals surface area contributed by atoms with E-state index in [2.05, 4.69) is 15.5 Å². The fourth-order valence-electron chi connectivity index (χ4n) is 2.24. The van der Waals surface area contributed by atoms with E-state index < -0.39 is 0 Å². The van der Waals surface area contributed by atoms with E-state index in [1.165, 1.54) is 18.4 Å². The summed E-state index contributed by atoms with van der Waals surface area (Å²) in [6, 6.07) is 0. The Kier molecular flexibility index (Phi) is 4.00. The molecule has 0 bridgehead atoms. The summed E-state index contributed by atoms with van der Waals surface area (Å²) < 4.78 is 15.6. The Labute approximate surface area is 125 Å². The maximum absolute atomic E-state index is 11.8. The molecule has 112 valence electrons. The summed E-state index contributed by atoms with van der Waals surface area (Å²) in [6.45, 7) is 2.95. The Morgan fingerprint density at radius 1 is 1.52 bits per heavy atom. The summed E-state index contributed by atoms with van der Waals surface area (Å²) in [7, 11) is 1.48. The molecule has 0 aliphatic carbocycles. The fraction of sp³-hybridized carbons (Fsp3) is 0.462. The number of rotatable bonds is 4. The number of thiophene rings is 1. The van der Waals surface area contributed by atoms with Gasteiger partial charge < -0.3 is 19.3 Å². The van der Waals surface area contributed by atoms with E-state index in [0.717, 1.165) is 22.4 Å². The van der Waals surface area contributed by atoms with Crippen molar-refractivity contribution in [1.82, 2.24) is 10.1 Å². The van der Waals surface area contributed by atoms with E-state index in [9.17, 15) is 4.79 Å². The maximum Gasteiger partial charge on any atom is 0.261 e. The van der Waals surface area contributed by atoms with Crippen molar-refractivity contribution in [3.05, 3.63) is 16.3 Å². The van der Waals surface area contributed by atoms with Crippen molar-refractivity contribution in [2.24, 2.45) is 0 Å². The maximum atomic E-state index is 11.8. The van der Waals surface area contributed by atoms with Crippen LogP contribution in [-0.2, 0) is 27.3 Å². The number of aryl methyl sites for hydroxylation is 1. The molecule has 3 heterocycles. The minimum atomic E-state index is -0.213. The van der Waals surface area contributed by atoms with Crippen molar-refractivity contribution in [2.75, 3.05) is 25.6 Å². The number of nitrogens with one attached hydrogen (secondary N) is 1. The number of hydrogen-bond acceptors (Lipinski definition) is 7. The third kappa shape index (κ3) is 2.82. The lowest BCUT2D eigenvalue weighted by Gasteiger charge is -2.12. The van der Waals surface area contributed by atoms with Gasteiger partial charge in [0.05, 0.1) is 18.8 Å². The molecule has 0 spiro atoms. The largest absolute Gasteiger partial charge is 0.376 e. The molecule has 0 saturated heterocycles. The first-order valence-corrected chi connectivity index (χ1v) is 7.32. The molecule has 1 aliphatic rings. The molecule has 3 rings (SSSR count). The van der Waals surface area contributed by atoms with E-state index in [4.69, 9.17) is 14.0 Å². The lowest BCUT2D eigenvalue weighted by atomic mass is 10.1. The molecule has 2 aromatic heterocycles. The minimum Gasteiger partial charge on any atom is -0.376 e. The summed E-state index contributed by atoms with van der Waals surface area (Å²) in [6.07, 6.45) is 0.767. The lowest BCUT2D eigenvalue weighted by Crippen LogP contribution is -2.16. The van der Waals surface area contributed by atoms with Crippen LogP contribution in [-0.4, -0.2) is 36.4 Å². The van der Waals surface area contributed by atoms with E-state index in [-0.39, 0.29) is 12.5 Å². The van der Waals surface area contributed by atoms with Crippen LogP contribution in [0.5, 0.6) is 0 Å². The van der Waals surface area contributed by atoms with E-state index >= 15 is 0 Å². The summed E-state index contributed by atoms with van der Waals surface area (Å²) >= 11 is 1.48. The zero-order valence-corrected chi connectivity index (χ0v) is 12.6. The second-order valence-corrected chi connectivity index (χ2v) is 5.74. The predicted molar refractivity (Wildman–Crippen MR) is 76.2 cm³/mol. The van der Waals surface area contributed by atoms with E-state index in [0.29, 0.717) is 29.9 Å². The highest BCUT2D eigenvalue weighted by molar-refractivity contribution is 7.17.